The number of ether oxygens (including phenoxy) is 3. The monoisotopic (exact) mass is 323 g/mol. The minimum atomic E-state index is -0.896. The second-order valence-corrected chi connectivity index (χ2v) is 5.66. The zero-order valence-electron chi connectivity index (χ0n) is 13.5. The standard InChI is InChI=1S/C16H21NO6/c1-16(2,3)23-13(18)9-17-15(20)22-11-14(19)21-10-12-7-5-4-6-8-12/h4-8H,9-11H2,1-3H3,(H,17,20). The van der Waals surface area contributed by atoms with Crippen LogP contribution in [0.25, 0.3) is 0 Å². The molecule has 1 aromatic rings. The molecule has 1 amide bonds. The summed E-state index contributed by atoms with van der Waals surface area (Å²) in [4.78, 5) is 34.1. The average molecular weight is 323 g/mol. The van der Waals surface area contributed by atoms with Crippen LogP contribution in [-0.2, 0) is 30.4 Å². The number of alkyl carbamates (subject to hydrolysis) is 1. The number of carbonyl (C=O) groups is 3. The van der Waals surface area contributed by atoms with E-state index in [-0.39, 0.29) is 13.2 Å². The molecule has 1 N–H and O–H groups in total. The molecule has 0 spiro atoms. The molecule has 0 atom stereocenters. The molecule has 1 rings (SSSR count). The van der Waals surface area contributed by atoms with E-state index < -0.39 is 30.2 Å². The molecule has 0 unspecified atom stereocenters. The van der Waals surface area contributed by atoms with E-state index in [0.29, 0.717) is 0 Å². The zero-order chi connectivity index (χ0) is 17.3. The van der Waals surface area contributed by atoms with Crippen molar-refractivity contribution >= 4 is 18.0 Å². The molecule has 7 nitrogen and oxygen atoms in total. The topological polar surface area (TPSA) is 90.9 Å². The van der Waals surface area contributed by atoms with Crippen LogP contribution >= 0.6 is 0 Å². The third kappa shape index (κ3) is 9.13. The highest BCUT2D eigenvalue weighted by Crippen LogP contribution is 2.06. The maximum absolute atomic E-state index is 11.4. The van der Waals surface area contributed by atoms with Gasteiger partial charge >= 0.3 is 18.0 Å². The molecule has 0 saturated heterocycles. The summed E-state index contributed by atoms with van der Waals surface area (Å²) in [5.41, 5.74) is 0.194. The van der Waals surface area contributed by atoms with Gasteiger partial charge in [0.25, 0.3) is 0 Å². The minimum absolute atomic E-state index is 0.0998. The molecule has 0 aliphatic rings. The van der Waals surface area contributed by atoms with Gasteiger partial charge in [0.2, 0.25) is 0 Å². The van der Waals surface area contributed by atoms with Gasteiger partial charge in [-0.3, -0.25) is 4.79 Å². The van der Waals surface area contributed by atoms with Crippen LogP contribution in [0.3, 0.4) is 0 Å². The van der Waals surface area contributed by atoms with Gasteiger partial charge in [-0.25, -0.2) is 9.59 Å². The predicted octanol–water partition coefficient (Wildman–Crippen LogP) is 1.80. The van der Waals surface area contributed by atoms with Crippen molar-refractivity contribution in [3.63, 3.8) is 0 Å². The van der Waals surface area contributed by atoms with Crippen LogP contribution in [0.4, 0.5) is 4.79 Å². The summed E-state index contributed by atoms with van der Waals surface area (Å²) in [7, 11) is 0. The van der Waals surface area contributed by atoms with Crippen LogP contribution in [-0.4, -0.2) is 36.8 Å². The number of amides is 1. The second kappa shape index (κ2) is 8.77. The van der Waals surface area contributed by atoms with Gasteiger partial charge in [0.05, 0.1) is 0 Å². The summed E-state index contributed by atoms with van der Waals surface area (Å²) >= 11 is 0. The van der Waals surface area contributed by atoms with Gasteiger partial charge < -0.3 is 19.5 Å². The van der Waals surface area contributed by atoms with E-state index >= 15 is 0 Å². The van der Waals surface area contributed by atoms with Gasteiger partial charge in [-0.05, 0) is 26.3 Å². The van der Waals surface area contributed by atoms with Crippen molar-refractivity contribution < 1.29 is 28.6 Å². The number of carbonyl (C=O) groups excluding carboxylic acids is 3. The normalized spacial score (nSPS) is 10.6. The van der Waals surface area contributed by atoms with Crippen LogP contribution < -0.4 is 5.32 Å². The van der Waals surface area contributed by atoms with Gasteiger partial charge in [-0.15, -0.1) is 0 Å². The number of esters is 2. The Balaban J connectivity index is 2.17. The van der Waals surface area contributed by atoms with Crippen molar-refractivity contribution in [2.75, 3.05) is 13.2 Å². The summed E-state index contributed by atoms with van der Waals surface area (Å²) < 4.78 is 14.6. The third-order valence-electron chi connectivity index (χ3n) is 2.36. The lowest BCUT2D eigenvalue weighted by atomic mass is 10.2. The number of hydrogen-bond acceptors (Lipinski definition) is 6. The van der Waals surface area contributed by atoms with Crippen LogP contribution in [0, 0.1) is 0 Å². The summed E-state index contributed by atoms with van der Waals surface area (Å²) in [5, 5.41) is 2.19. The van der Waals surface area contributed by atoms with Crippen LogP contribution in [0.5, 0.6) is 0 Å². The van der Waals surface area contributed by atoms with Crippen molar-refractivity contribution in [1.29, 1.82) is 0 Å². The van der Waals surface area contributed by atoms with Crippen molar-refractivity contribution in [2.45, 2.75) is 33.0 Å². The number of rotatable bonds is 6. The molecular formula is C16H21NO6. The summed E-state index contributed by atoms with van der Waals surface area (Å²) in [6.07, 6.45) is -0.896. The lowest BCUT2D eigenvalue weighted by Crippen LogP contribution is -2.35. The first-order valence-electron chi connectivity index (χ1n) is 7.08. The average Bonchev–Trinajstić information content (AvgIpc) is 2.48. The molecule has 0 radical (unpaired) electrons. The Bertz CT molecular complexity index is 535. The highest BCUT2D eigenvalue weighted by atomic mass is 16.6. The second-order valence-electron chi connectivity index (χ2n) is 5.66. The van der Waals surface area contributed by atoms with E-state index in [4.69, 9.17) is 9.47 Å². The molecule has 0 fully saturated rings. The smallest absolute Gasteiger partial charge is 0.408 e. The highest BCUT2D eigenvalue weighted by molar-refractivity contribution is 5.79. The molecule has 0 aromatic heterocycles. The Kier molecular flexibility index (Phi) is 7.05. The molecule has 23 heavy (non-hydrogen) atoms. The number of hydrogen-bond donors (Lipinski definition) is 1. The van der Waals surface area contributed by atoms with Gasteiger partial charge in [-0.1, -0.05) is 30.3 Å². The fraction of sp³-hybridized carbons (Fsp3) is 0.438. The largest absolute Gasteiger partial charge is 0.459 e. The highest BCUT2D eigenvalue weighted by Gasteiger charge is 2.17. The SMILES string of the molecule is CC(C)(C)OC(=O)CNC(=O)OCC(=O)OCc1ccccc1. The van der Waals surface area contributed by atoms with Gasteiger partial charge in [0.15, 0.2) is 6.61 Å². The van der Waals surface area contributed by atoms with Crippen molar-refractivity contribution in [1.82, 2.24) is 5.32 Å². The van der Waals surface area contributed by atoms with E-state index in [1.807, 2.05) is 30.3 Å². The van der Waals surface area contributed by atoms with Gasteiger partial charge in [0, 0.05) is 0 Å². The maximum Gasteiger partial charge on any atom is 0.408 e. The molecule has 1 aromatic carbocycles. The molecule has 0 aliphatic heterocycles. The van der Waals surface area contributed by atoms with Crippen molar-refractivity contribution in [3.8, 4) is 0 Å². The Morgan fingerprint density at radius 3 is 2.26 bits per heavy atom. The predicted molar refractivity (Wildman–Crippen MR) is 81.4 cm³/mol. The number of nitrogens with one attached hydrogen (secondary N) is 1. The van der Waals surface area contributed by atoms with E-state index in [1.165, 1.54) is 0 Å². The molecule has 7 heteroatoms. The van der Waals surface area contributed by atoms with Crippen LogP contribution in [0.2, 0.25) is 0 Å². The van der Waals surface area contributed by atoms with Gasteiger partial charge in [-0.2, -0.15) is 0 Å². The lowest BCUT2D eigenvalue weighted by Gasteiger charge is -2.19. The summed E-state index contributed by atoms with van der Waals surface area (Å²) in [6, 6.07) is 9.11. The Labute approximate surface area is 134 Å². The molecule has 0 aliphatic carbocycles. The summed E-state index contributed by atoms with van der Waals surface area (Å²) in [5.74, 6) is -1.28. The minimum Gasteiger partial charge on any atom is -0.459 e. The zero-order valence-corrected chi connectivity index (χ0v) is 13.5. The van der Waals surface area contributed by atoms with E-state index in [1.54, 1.807) is 20.8 Å². The van der Waals surface area contributed by atoms with Crippen molar-refractivity contribution in [2.24, 2.45) is 0 Å². The molecule has 0 bridgehead atoms. The molecular weight excluding hydrogens is 302 g/mol. The Hall–Kier alpha value is -2.57. The quantitative estimate of drug-likeness (QED) is 0.634. The fourth-order valence-electron chi connectivity index (χ4n) is 1.48. The van der Waals surface area contributed by atoms with Crippen molar-refractivity contribution in [3.05, 3.63) is 35.9 Å². The van der Waals surface area contributed by atoms with Crippen LogP contribution in [0.1, 0.15) is 26.3 Å². The first-order valence-corrected chi connectivity index (χ1v) is 7.08. The Morgan fingerprint density at radius 1 is 1.00 bits per heavy atom. The molecule has 0 heterocycles. The van der Waals surface area contributed by atoms with Crippen LogP contribution in [0.15, 0.2) is 30.3 Å². The molecule has 126 valence electrons. The van der Waals surface area contributed by atoms with E-state index in [2.05, 4.69) is 10.1 Å². The lowest BCUT2D eigenvalue weighted by molar-refractivity contribution is -0.153. The maximum atomic E-state index is 11.4. The van der Waals surface area contributed by atoms with E-state index in [0.717, 1.165) is 5.56 Å². The number of benzene rings is 1. The Morgan fingerprint density at radius 2 is 1.65 bits per heavy atom. The molecule has 0 saturated carbocycles. The fourth-order valence-corrected chi connectivity index (χ4v) is 1.48. The first-order chi connectivity index (χ1) is 10.8. The van der Waals surface area contributed by atoms with E-state index in [9.17, 15) is 14.4 Å². The van der Waals surface area contributed by atoms with Gasteiger partial charge in [0.1, 0.15) is 18.8 Å². The third-order valence-corrected chi connectivity index (χ3v) is 2.36. The first kappa shape index (κ1) is 18.5. The summed E-state index contributed by atoms with van der Waals surface area (Å²) in [6.45, 7) is 4.37.